The van der Waals surface area contributed by atoms with Gasteiger partial charge in [0.1, 0.15) is 5.75 Å². The van der Waals surface area contributed by atoms with Crippen LogP contribution in [0.15, 0.2) is 30.3 Å². The predicted octanol–water partition coefficient (Wildman–Crippen LogP) is 3.05. The van der Waals surface area contributed by atoms with Crippen LogP contribution in [0.2, 0.25) is 0 Å². The van der Waals surface area contributed by atoms with Gasteiger partial charge in [-0.2, -0.15) is 0 Å². The second-order valence-electron chi connectivity index (χ2n) is 7.18. The summed E-state index contributed by atoms with van der Waals surface area (Å²) in [5, 5.41) is 22.4. The Hall–Kier alpha value is -2.17. The maximum atomic E-state index is 13.0. The lowest BCUT2D eigenvalue weighted by atomic mass is 9.86. The van der Waals surface area contributed by atoms with Crippen LogP contribution in [0.25, 0.3) is 0 Å². The Morgan fingerprint density at radius 1 is 1.00 bits per heavy atom. The van der Waals surface area contributed by atoms with E-state index in [9.17, 15) is 15.0 Å². The zero-order valence-corrected chi connectivity index (χ0v) is 14.2. The van der Waals surface area contributed by atoms with E-state index in [0.29, 0.717) is 22.4 Å². The zero-order valence-electron chi connectivity index (χ0n) is 14.2. The van der Waals surface area contributed by atoms with Crippen molar-refractivity contribution in [2.45, 2.75) is 45.0 Å². The largest absolute Gasteiger partial charge is 0.454 e. The number of ketones is 1. The third kappa shape index (κ3) is 1.57. The monoisotopic (exact) mass is 324 g/mol. The molecule has 0 saturated heterocycles. The molecule has 0 bridgehead atoms. The van der Waals surface area contributed by atoms with E-state index in [4.69, 9.17) is 4.74 Å². The number of aliphatic hydroxyl groups is 2. The van der Waals surface area contributed by atoms with Crippen LogP contribution in [0, 0.1) is 13.8 Å². The van der Waals surface area contributed by atoms with E-state index < -0.39 is 17.2 Å². The summed E-state index contributed by atoms with van der Waals surface area (Å²) in [6.07, 6.45) is 0. The van der Waals surface area contributed by atoms with Crippen molar-refractivity contribution in [1.29, 1.82) is 0 Å². The molecule has 0 saturated carbocycles. The Labute approximate surface area is 140 Å². The number of carbonyl (C=O) groups is 1. The van der Waals surface area contributed by atoms with Crippen LogP contribution < -0.4 is 4.74 Å². The molecule has 0 fully saturated rings. The third-order valence-corrected chi connectivity index (χ3v) is 5.38. The molecule has 0 radical (unpaired) electrons. The Bertz CT molecular complexity index is 899. The predicted molar refractivity (Wildman–Crippen MR) is 89.2 cm³/mol. The van der Waals surface area contributed by atoms with Crippen LogP contribution in [0.3, 0.4) is 0 Å². The fraction of sp³-hybridized carbons (Fsp3) is 0.350. The molecule has 24 heavy (non-hydrogen) atoms. The Balaban J connectivity index is 1.97. The lowest BCUT2D eigenvalue weighted by molar-refractivity contribution is -0.224. The first-order valence-electron chi connectivity index (χ1n) is 8.15. The maximum absolute atomic E-state index is 13.0. The molecule has 0 unspecified atom stereocenters. The van der Waals surface area contributed by atoms with E-state index in [1.54, 1.807) is 24.3 Å². The number of rotatable bonds is 1. The van der Waals surface area contributed by atoms with Gasteiger partial charge in [-0.05, 0) is 54.7 Å². The number of fused-ring (bicyclic) bond motifs is 5. The highest BCUT2D eigenvalue weighted by Gasteiger charge is 2.70. The molecule has 124 valence electrons. The van der Waals surface area contributed by atoms with Gasteiger partial charge in [0.15, 0.2) is 0 Å². The molecule has 2 atom stereocenters. The van der Waals surface area contributed by atoms with Gasteiger partial charge in [0, 0.05) is 16.7 Å². The van der Waals surface area contributed by atoms with E-state index in [-0.39, 0.29) is 5.92 Å². The van der Waals surface area contributed by atoms with Crippen LogP contribution >= 0.6 is 0 Å². The van der Waals surface area contributed by atoms with Gasteiger partial charge in [0.05, 0.1) is 0 Å². The van der Waals surface area contributed by atoms with Crippen LogP contribution in [0.1, 0.15) is 57.9 Å². The molecule has 0 aromatic heterocycles. The molecule has 0 amide bonds. The zero-order chi connectivity index (χ0) is 17.4. The van der Waals surface area contributed by atoms with Gasteiger partial charge in [-0.3, -0.25) is 4.79 Å². The average Bonchev–Trinajstić information content (AvgIpc) is 2.85. The van der Waals surface area contributed by atoms with Gasteiger partial charge >= 0.3 is 0 Å². The molecule has 1 aliphatic carbocycles. The van der Waals surface area contributed by atoms with Crippen molar-refractivity contribution >= 4 is 5.78 Å². The summed E-state index contributed by atoms with van der Waals surface area (Å²) >= 11 is 0. The lowest BCUT2D eigenvalue weighted by Gasteiger charge is -2.28. The topological polar surface area (TPSA) is 66.8 Å². The quantitative estimate of drug-likeness (QED) is 0.846. The molecule has 2 N–H and O–H groups in total. The highest BCUT2D eigenvalue weighted by Crippen LogP contribution is 2.58. The van der Waals surface area contributed by atoms with E-state index in [1.807, 2.05) is 33.8 Å². The summed E-state index contributed by atoms with van der Waals surface area (Å²) in [6.45, 7) is 7.90. The first-order chi connectivity index (χ1) is 11.2. The van der Waals surface area contributed by atoms with E-state index in [0.717, 1.165) is 16.7 Å². The summed E-state index contributed by atoms with van der Waals surface area (Å²) in [7, 11) is 0. The minimum Gasteiger partial charge on any atom is -0.454 e. The van der Waals surface area contributed by atoms with Crippen molar-refractivity contribution in [2.24, 2.45) is 0 Å². The van der Waals surface area contributed by atoms with Crippen LogP contribution in [0.4, 0.5) is 0 Å². The molecule has 4 heteroatoms. The second kappa shape index (κ2) is 4.47. The molecular weight excluding hydrogens is 304 g/mol. The summed E-state index contributed by atoms with van der Waals surface area (Å²) in [6, 6.07) is 8.79. The fourth-order valence-electron chi connectivity index (χ4n) is 3.70. The van der Waals surface area contributed by atoms with Crippen molar-refractivity contribution in [3.8, 4) is 5.75 Å². The molecular formula is C20H20O4. The van der Waals surface area contributed by atoms with Crippen LogP contribution in [0.5, 0.6) is 5.75 Å². The number of benzene rings is 2. The number of hydrogen-bond acceptors (Lipinski definition) is 4. The van der Waals surface area contributed by atoms with E-state index in [2.05, 4.69) is 0 Å². The van der Waals surface area contributed by atoms with Crippen LogP contribution in [-0.4, -0.2) is 16.0 Å². The number of carbonyl (C=O) groups excluding carboxylic acids is 1. The molecule has 0 spiro atoms. The second-order valence-corrected chi connectivity index (χ2v) is 7.18. The van der Waals surface area contributed by atoms with Crippen LogP contribution in [-0.2, 0) is 11.4 Å². The number of Topliss-reactive ketones (excluding diaryl/α,β-unsaturated/α-hetero) is 1. The number of ether oxygens (including phenoxy) is 1. The smallest absolute Gasteiger partial charge is 0.276 e. The Kier molecular flexibility index (Phi) is 2.86. The van der Waals surface area contributed by atoms with Gasteiger partial charge in [0.25, 0.3) is 5.79 Å². The van der Waals surface area contributed by atoms with Gasteiger partial charge in [0.2, 0.25) is 11.4 Å². The van der Waals surface area contributed by atoms with Crippen molar-refractivity contribution in [2.75, 3.05) is 0 Å². The standard InChI is InChI=1S/C20H20O4/c1-10(2)13-5-6-15-17(9-13)24-20(23)16-8-12(4)11(3)7-14(16)18(21)19(15,20)22/h5-10,22-23H,1-4H3/t19-,20-/m0/s1. The van der Waals surface area contributed by atoms with Gasteiger partial charge < -0.3 is 14.9 Å². The third-order valence-electron chi connectivity index (χ3n) is 5.38. The SMILES string of the molecule is Cc1cc2c(cc1C)[C@]1(O)Oc3cc(C(C)C)ccc3[C@]1(O)C2=O. The fourth-order valence-corrected chi connectivity index (χ4v) is 3.70. The van der Waals surface area contributed by atoms with Crippen molar-refractivity contribution in [3.05, 3.63) is 63.7 Å². The number of aryl methyl sites for hydroxylation is 2. The Morgan fingerprint density at radius 3 is 2.33 bits per heavy atom. The highest BCUT2D eigenvalue weighted by molar-refractivity contribution is 6.09. The molecule has 2 aromatic rings. The van der Waals surface area contributed by atoms with E-state index >= 15 is 0 Å². The van der Waals surface area contributed by atoms with Crippen molar-refractivity contribution in [1.82, 2.24) is 0 Å². The first-order valence-corrected chi connectivity index (χ1v) is 8.15. The molecule has 2 aromatic carbocycles. The highest BCUT2D eigenvalue weighted by atomic mass is 16.7. The first kappa shape index (κ1) is 15.4. The van der Waals surface area contributed by atoms with Gasteiger partial charge in [-0.1, -0.05) is 26.0 Å². The summed E-state index contributed by atoms with van der Waals surface area (Å²) < 4.78 is 5.79. The molecule has 4 rings (SSSR count). The van der Waals surface area contributed by atoms with Crippen molar-refractivity contribution < 1.29 is 19.7 Å². The Morgan fingerprint density at radius 2 is 1.67 bits per heavy atom. The van der Waals surface area contributed by atoms with Gasteiger partial charge in [-0.25, -0.2) is 0 Å². The minimum atomic E-state index is -2.10. The molecule has 1 heterocycles. The normalized spacial score (nSPS) is 27.0. The molecule has 4 nitrogen and oxygen atoms in total. The maximum Gasteiger partial charge on any atom is 0.276 e. The van der Waals surface area contributed by atoms with Gasteiger partial charge in [-0.15, -0.1) is 0 Å². The summed E-state index contributed by atoms with van der Waals surface area (Å²) in [5.74, 6) is -1.95. The average molecular weight is 324 g/mol. The summed E-state index contributed by atoms with van der Waals surface area (Å²) in [4.78, 5) is 13.0. The van der Waals surface area contributed by atoms with E-state index in [1.165, 1.54) is 0 Å². The molecule has 2 aliphatic rings. The van der Waals surface area contributed by atoms with Crippen molar-refractivity contribution in [3.63, 3.8) is 0 Å². The minimum absolute atomic E-state index is 0.275. The summed E-state index contributed by atoms with van der Waals surface area (Å²) in [5.41, 5.74) is 1.77. The molecule has 1 aliphatic heterocycles. The number of hydrogen-bond donors (Lipinski definition) is 2. The lowest BCUT2D eigenvalue weighted by Crippen LogP contribution is -2.48.